The average molecular weight is 467 g/mol. The molecular weight excluding hydrogens is 448 g/mol. The minimum atomic E-state index is -4.08. The summed E-state index contributed by atoms with van der Waals surface area (Å²) in [5, 5.41) is 0. The number of hydrogen-bond donors (Lipinski definition) is 1. The number of carbonyl (C=O) groups is 2. The Balaban J connectivity index is 2.10. The molecule has 1 heterocycles. The van der Waals surface area contributed by atoms with Crippen LogP contribution in [0.25, 0.3) is 0 Å². The van der Waals surface area contributed by atoms with Crippen molar-refractivity contribution >= 4 is 49.2 Å². The molecule has 0 bridgehead atoms. The number of hydrogen-bond acceptors (Lipinski definition) is 5. The van der Waals surface area contributed by atoms with Crippen LogP contribution in [-0.2, 0) is 26.0 Å². The number of rotatable bonds is 5. The number of halogens is 1. The monoisotopic (exact) mass is 466 g/mol. The van der Waals surface area contributed by atoms with E-state index in [0.717, 1.165) is 5.56 Å². The normalized spacial score (nSPS) is 13.2. The second-order valence-corrected chi connectivity index (χ2v) is 8.77. The first-order valence-corrected chi connectivity index (χ1v) is 10.9. The van der Waals surface area contributed by atoms with Crippen molar-refractivity contribution in [2.75, 3.05) is 23.3 Å². The van der Waals surface area contributed by atoms with Crippen LogP contribution in [0.3, 0.4) is 0 Å². The maximum absolute atomic E-state index is 13.2. The topological polar surface area (TPSA) is 92.8 Å². The van der Waals surface area contributed by atoms with Gasteiger partial charge in [0.1, 0.15) is 4.90 Å². The van der Waals surface area contributed by atoms with E-state index < -0.39 is 16.0 Å². The van der Waals surface area contributed by atoms with Gasteiger partial charge in [0, 0.05) is 17.4 Å². The van der Waals surface area contributed by atoms with Gasteiger partial charge >= 0.3 is 5.97 Å². The third-order valence-electron chi connectivity index (χ3n) is 4.46. The fourth-order valence-electron chi connectivity index (χ4n) is 3.17. The standard InChI is InChI=1S/C19H19BrN2O5S/c1-3-17(23)22-9-8-12-10-13(20)11-16(18(12)22)28(25,26)21-15-7-5-4-6-14(15)19(24)27-2/h4-7,10-11,21H,3,8-9H2,1-2H3. The van der Waals surface area contributed by atoms with E-state index in [9.17, 15) is 18.0 Å². The first-order valence-electron chi connectivity index (χ1n) is 8.61. The second kappa shape index (κ2) is 7.92. The number of nitrogens with zero attached hydrogens (tertiary/aromatic N) is 1. The largest absolute Gasteiger partial charge is 0.465 e. The van der Waals surface area contributed by atoms with E-state index in [0.29, 0.717) is 23.1 Å². The number of nitrogens with one attached hydrogen (secondary N) is 1. The Labute approximate surface area is 171 Å². The van der Waals surface area contributed by atoms with Crippen molar-refractivity contribution in [1.82, 2.24) is 0 Å². The molecule has 28 heavy (non-hydrogen) atoms. The van der Waals surface area contributed by atoms with Crippen LogP contribution in [-0.4, -0.2) is 33.9 Å². The highest BCUT2D eigenvalue weighted by Crippen LogP contribution is 2.38. The Bertz CT molecular complexity index is 1050. The number of sulfonamides is 1. The van der Waals surface area contributed by atoms with E-state index in [1.54, 1.807) is 19.1 Å². The molecular formula is C19H19BrN2O5S. The van der Waals surface area contributed by atoms with Gasteiger partial charge in [-0.15, -0.1) is 0 Å². The lowest BCUT2D eigenvalue weighted by Crippen LogP contribution is -2.30. The molecule has 0 aromatic heterocycles. The van der Waals surface area contributed by atoms with Crippen molar-refractivity contribution in [3.63, 3.8) is 0 Å². The summed E-state index contributed by atoms with van der Waals surface area (Å²) >= 11 is 3.35. The molecule has 0 atom stereocenters. The second-order valence-electron chi connectivity index (χ2n) is 6.20. The molecule has 0 saturated heterocycles. The van der Waals surface area contributed by atoms with Crippen LogP contribution >= 0.6 is 15.9 Å². The van der Waals surface area contributed by atoms with Crippen LogP contribution in [0.15, 0.2) is 45.8 Å². The first kappa shape index (κ1) is 20.3. The predicted molar refractivity (Wildman–Crippen MR) is 109 cm³/mol. The molecule has 0 aliphatic carbocycles. The number of esters is 1. The van der Waals surface area contributed by atoms with Crippen molar-refractivity contribution in [3.8, 4) is 0 Å². The van der Waals surface area contributed by atoms with Crippen molar-refractivity contribution in [3.05, 3.63) is 52.0 Å². The van der Waals surface area contributed by atoms with Crippen LogP contribution in [0.5, 0.6) is 0 Å². The molecule has 0 fully saturated rings. The van der Waals surface area contributed by atoms with Crippen molar-refractivity contribution in [2.45, 2.75) is 24.7 Å². The highest BCUT2D eigenvalue weighted by molar-refractivity contribution is 9.10. The molecule has 2 aromatic rings. The van der Waals surface area contributed by atoms with Crippen molar-refractivity contribution in [2.24, 2.45) is 0 Å². The molecule has 0 unspecified atom stereocenters. The highest BCUT2D eigenvalue weighted by atomic mass is 79.9. The molecule has 1 N–H and O–H groups in total. The summed E-state index contributed by atoms with van der Waals surface area (Å²) in [6.07, 6.45) is 0.843. The van der Waals surface area contributed by atoms with E-state index in [1.165, 1.54) is 30.2 Å². The van der Waals surface area contributed by atoms with E-state index >= 15 is 0 Å². The summed E-state index contributed by atoms with van der Waals surface area (Å²) in [4.78, 5) is 25.8. The lowest BCUT2D eigenvalue weighted by atomic mass is 10.2. The van der Waals surface area contributed by atoms with E-state index in [1.807, 2.05) is 6.07 Å². The molecule has 2 aromatic carbocycles. The summed E-state index contributed by atoms with van der Waals surface area (Å²) in [5.41, 5.74) is 1.37. The van der Waals surface area contributed by atoms with Crippen LogP contribution in [0, 0.1) is 0 Å². The Morgan fingerprint density at radius 3 is 2.64 bits per heavy atom. The average Bonchev–Trinajstić information content (AvgIpc) is 3.09. The van der Waals surface area contributed by atoms with Crippen molar-refractivity contribution < 1.29 is 22.7 Å². The number of benzene rings is 2. The maximum atomic E-state index is 13.2. The van der Waals surface area contributed by atoms with Gasteiger partial charge in [-0.3, -0.25) is 9.52 Å². The van der Waals surface area contributed by atoms with Crippen LogP contribution in [0.1, 0.15) is 29.3 Å². The summed E-state index contributed by atoms with van der Waals surface area (Å²) in [7, 11) is -2.86. The molecule has 0 spiro atoms. The number of fused-ring (bicyclic) bond motifs is 1. The van der Waals surface area contributed by atoms with Gasteiger partial charge < -0.3 is 9.64 Å². The van der Waals surface area contributed by atoms with E-state index in [4.69, 9.17) is 4.74 Å². The Hall–Kier alpha value is -2.39. The molecule has 9 heteroatoms. The van der Waals surface area contributed by atoms with Gasteiger partial charge in [0.05, 0.1) is 24.0 Å². The minimum absolute atomic E-state index is 0.0177. The number of para-hydroxylation sites is 1. The van der Waals surface area contributed by atoms with Gasteiger partial charge in [0.2, 0.25) is 5.91 Å². The fraction of sp³-hybridized carbons (Fsp3) is 0.263. The third kappa shape index (κ3) is 3.77. The van der Waals surface area contributed by atoms with Gasteiger partial charge in [0.25, 0.3) is 10.0 Å². The molecule has 1 aliphatic rings. The van der Waals surface area contributed by atoms with Crippen molar-refractivity contribution in [1.29, 1.82) is 0 Å². The zero-order valence-electron chi connectivity index (χ0n) is 15.4. The number of amides is 1. The zero-order chi connectivity index (χ0) is 20.5. The summed E-state index contributed by atoms with van der Waals surface area (Å²) in [6, 6.07) is 9.47. The number of anilines is 2. The number of ether oxygens (including phenoxy) is 1. The zero-order valence-corrected chi connectivity index (χ0v) is 17.8. The molecule has 1 amide bonds. The lowest BCUT2D eigenvalue weighted by Gasteiger charge is -2.21. The quantitative estimate of drug-likeness (QED) is 0.682. The lowest BCUT2D eigenvalue weighted by molar-refractivity contribution is -0.118. The highest BCUT2D eigenvalue weighted by Gasteiger charge is 2.32. The molecule has 1 aliphatic heterocycles. The summed E-state index contributed by atoms with van der Waals surface area (Å²) in [5.74, 6) is -0.798. The van der Waals surface area contributed by atoms with Gasteiger partial charge in [-0.1, -0.05) is 35.0 Å². The van der Waals surface area contributed by atoms with E-state index in [2.05, 4.69) is 20.7 Å². The minimum Gasteiger partial charge on any atom is -0.465 e. The molecule has 148 valence electrons. The van der Waals surface area contributed by atoms with E-state index in [-0.39, 0.29) is 28.5 Å². The van der Waals surface area contributed by atoms with Gasteiger partial charge in [-0.05, 0) is 36.2 Å². The van der Waals surface area contributed by atoms with Crippen LogP contribution in [0.4, 0.5) is 11.4 Å². The number of carbonyl (C=O) groups excluding carboxylic acids is 2. The summed E-state index contributed by atoms with van der Waals surface area (Å²) < 4.78 is 34.2. The Kier molecular flexibility index (Phi) is 5.76. The molecule has 0 saturated carbocycles. The number of methoxy groups -OCH3 is 1. The molecule has 0 radical (unpaired) electrons. The fourth-order valence-corrected chi connectivity index (χ4v) is 5.19. The predicted octanol–water partition coefficient (Wildman–Crippen LogP) is 3.34. The van der Waals surface area contributed by atoms with Crippen LogP contribution < -0.4 is 9.62 Å². The summed E-state index contributed by atoms with van der Waals surface area (Å²) in [6.45, 7) is 2.16. The van der Waals surface area contributed by atoms with Gasteiger partial charge in [0.15, 0.2) is 0 Å². The Morgan fingerprint density at radius 1 is 1.25 bits per heavy atom. The molecule has 3 rings (SSSR count). The Morgan fingerprint density at radius 2 is 1.96 bits per heavy atom. The van der Waals surface area contributed by atoms with Gasteiger partial charge in [-0.25, -0.2) is 13.2 Å². The smallest absolute Gasteiger partial charge is 0.339 e. The first-order chi connectivity index (χ1) is 13.3. The van der Waals surface area contributed by atoms with Gasteiger partial charge in [-0.2, -0.15) is 0 Å². The maximum Gasteiger partial charge on any atom is 0.339 e. The third-order valence-corrected chi connectivity index (χ3v) is 6.30. The SMILES string of the molecule is CCC(=O)N1CCc2cc(Br)cc(S(=O)(=O)Nc3ccccc3C(=O)OC)c21. The molecule has 7 nitrogen and oxygen atoms in total. The van der Waals surface area contributed by atoms with Crippen LogP contribution in [0.2, 0.25) is 0 Å².